The first kappa shape index (κ1) is 14.3. The molecule has 0 fully saturated rings. The van der Waals surface area contributed by atoms with Gasteiger partial charge in [0, 0.05) is 23.5 Å². The summed E-state index contributed by atoms with van der Waals surface area (Å²) >= 11 is 5.95. The summed E-state index contributed by atoms with van der Waals surface area (Å²) in [4.78, 5) is 16.4. The maximum absolute atomic E-state index is 12.4. The van der Waals surface area contributed by atoms with Gasteiger partial charge in [0.25, 0.3) is 5.91 Å². The zero-order valence-electron chi connectivity index (χ0n) is 11.4. The van der Waals surface area contributed by atoms with Gasteiger partial charge in [0.05, 0.1) is 17.4 Å². The highest BCUT2D eigenvalue weighted by molar-refractivity contribution is 6.31. The molecule has 0 radical (unpaired) electrons. The quantitative estimate of drug-likeness (QED) is 0.902. The third-order valence-electron chi connectivity index (χ3n) is 2.88. The van der Waals surface area contributed by atoms with Crippen molar-refractivity contribution in [2.24, 2.45) is 0 Å². The van der Waals surface area contributed by atoms with Gasteiger partial charge in [-0.05, 0) is 37.6 Å². The Kier molecular flexibility index (Phi) is 4.58. The van der Waals surface area contributed by atoms with Crippen molar-refractivity contribution in [2.45, 2.75) is 13.8 Å². The molecular weight excluding hydrogens is 274 g/mol. The molecule has 1 aromatic heterocycles. The first-order valence-electron chi connectivity index (χ1n) is 6.37. The number of carbonyl (C=O) groups excluding carboxylic acids is 1. The highest BCUT2D eigenvalue weighted by atomic mass is 35.5. The molecule has 1 amide bonds. The molecule has 0 atom stereocenters. The number of nitrogens with one attached hydrogen (secondary N) is 2. The van der Waals surface area contributed by atoms with Crippen LogP contribution >= 0.6 is 11.6 Å². The van der Waals surface area contributed by atoms with Crippen molar-refractivity contribution >= 4 is 28.9 Å². The average Bonchev–Trinajstić information content (AvgIpc) is 2.44. The second-order valence-corrected chi connectivity index (χ2v) is 4.80. The number of aryl methyl sites for hydroxylation is 1. The SMILES string of the molecule is CCNc1cnccc1C(=O)Nc1cc(Cl)ccc1C. The number of hydrogen-bond donors (Lipinski definition) is 2. The number of hydrogen-bond acceptors (Lipinski definition) is 3. The van der Waals surface area contributed by atoms with Gasteiger partial charge in [0.15, 0.2) is 0 Å². The van der Waals surface area contributed by atoms with Crippen molar-refractivity contribution in [3.05, 3.63) is 52.8 Å². The predicted octanol–water partition coefficient (Wildman–Crippen LogP) is 3.73. The standard InChI is InChI=1S/C15H16ClN3O/c1-3-18-14-9-17-7-6-12(14)15(20)19-13-8-11(16)5-4-10(13)2/h4-9,18H,3H2,1-2H3,(H,19,20). The normalized spacial score (nSPS) is 10.2. The van der Waals surface area contributed by atoms with Crippen molar-refractivity contribution in [1.29, 1.82) is 0 Å². The maximum atomic E-state index is 12.4. The molecule has 2 aromatic rings. The fourth-order valence-electron chi connectivity index (χ4n) is 1.84. The van der Waals surface area contributed by atoms with E-state index >= 15 is 0 Å². The van der Waals surface area contributed by atoms with Crippen molar-refractivity contribution in [2.75, 3.05) is 17.2 Å². The van der Waals surface area contributed by atoms with Crippen LogP contribution in [0.5, 0.6) is 0 Å². The van der Waals surface area contributed by atoms with E-state index in [-0.39, 0.29) is 5.91 Å². The number of pyridine rings is 1. The topological polar surface area (TPSA) is 54.0 Å². The van der Waals surface area contributed by atoms with Gasteiger partial charge in [-0.25, -0.2) is 0 Å². The molecule has 0 aliphatic rings. The number of aromatic nitrogens is 1. The van der Waals surface area contributed by atoms with Crippen molar-refractivity contribution < 1.29 is 4.79 Å². The second-order valence-electron chi connectivity index (χ2n) is 4.36. The Labute approximate surface area is 123 Å². The molecule has 0 aliphatic heterocycles. The molecule has 2 N–H and O–H groups in total. The fraction of sp³-hybridized carbons (Fsp3) is 0.200. The van der Waals surface area contributed by atoms with Crippen LogP contribution in [0.3, 0.4) is 0 Å². The molecule has 0 spiro atoms. The van der Waals surface area contributed by atoms with Crippen LogP contribution in [-0.4, -0.2) is 17.4 Å². The van der Waals surface area contributed by atoms with E-state index < -0.39 is 0 Å². The van der Waals surface area contributed by atoms with Crippen molar-refractivity contribution in [3.63, 3.8) is 0 Å². The van der Waals surface area contributed by atoms with Gasteiger partial charge in [-0.3, -0.25) is 9.78 Å². The third kappa shape index (κ3) is 3.27. The first-order valence-corrected chi connectivity index (χ1v) is 6.75. The molecule has 0 aliphatic carbocycles. The summed E-state index contributed by atoms with van der Waals surface area (Å²) in [5, 5.41) is 6.58. The van der Waals surface area contributed by atoms with Gasteiger partial charge >= 0.3 is 0 Å². The van der Waals surface area contributed by atoms with E-state index in [4.69, 9.17) is 11.6 Å². The molecule has 104 valence electrons. The van der Waals surface area contributed by atoms with E-state index in [9.17, 15) is 4.79 Å². The molecule has 0 saturated carbocycles. The Morgan fingerprint density at radius 1 is 1.30 bits per heavy atom. The van der Waals surface area contributed by atoms with Crippen LogP contribution in [0, 0.1) is 6.92 Å². The third-order valence-corrected chi connectivity index (χ3v) is 3.12. The van der Waals surface area contributed by atoms with E-state index in [0.717, 1.165) is 12.1 Å². The van der Waals surface area contributed by atoms with Crippen LogP contribution in [0.2, 0.25) is 5.02 Å². The lowest BCUT2D eigenvalue weighted by Gasteiger charge is -2.12. The van der Waals surface area contributed by atoms with Gasteiger partial charge in [0.2, 0.25) is 0 Å². The molecule has 2 rings (SSSR count). The number of nitrogens with zero attached hydrogens (tertiary/aromatic N) is 1. The average molecular weight is 290 g/mol. The van der Waals surface area contributed by atoms with Crippen LogP contribution in [0.1, 0.15) is 22.8 Å². The summed E-state index contributed by atoms with van der Waals surface area (Å²) in [6.45, 7) is 4.61. The Balaban J connectivity index is 2.26. The summed E-state index contributed by atoms with van der Waals surface area (Å²) < 4.78 is 0. The first-order chi connectivity index (χ1) is 9.61. The van der Waals surface area contributed by atoms with Crippen LogP contribution in [0.15, 0.2) is 36.7 Å². The number of anilines is 2. The lowest BCUT2D eigenvalue weighted by Crippen LogP contribution is -2.15. The van der Waals surface area contributed by atoms with Gasteiger partial charge in [-0.2, -0.15) is 0 Å². The summed E-state index contributed by atoms with van der Waals surface area (Å²) in [6, 6.07) is 7.09. The van der Waals surface area contributed by atoms with Gasteiger partial charge in [-0.1, -0.05) is 17.7 Å². The van der Waals surface area contributed by atoms with E-state index in [0.29, 0.717) is 22.0 Å². The lowest BCUT2D eigenvalue weighted by atomic mass is 10.1. The van der Waals surface area contributed by atoms with E-state index in [2.05, 4.69) is 15.6 Å². The van der Waals surface area contributed by atoms with E-state index in [1.54, 1.807) is 30.6 Å². The molecule has 20 heavy (non-hydrogen) atoms. The zero-order chi connectivity index (χ0) is 14.5. The minimum atomic E-state index is -0.186. The molecule has 5 heteroatoms. The Morgan fingerprint density at radius 2 is 2.10 bits per heavy atom. The summed E-state index contributed by atoms with van der Waals surface area (Å²) in [7, 11) is 0. The zero-order valence-corrected chi connectivity index (χ0v) is 12.2. The number of benzene rings is 1. The summed E-state index contributed by atoms with van der Waals surface area (Å²) in [5.74, 6) is -0.186. The van der Waals surface area contributed by atoms with Crippen molar-refractivity contribution in [1.82, 2.24) is 4.98 Å². The Bertz CT molecular complexity index is 628. The molecule has 1 heterocycles. The van der Waals surface area contributed by atoms with E-state index in [1.165, 1.54) is 0 Å². The van der Waals surface area contributed by atoms with Gasteiger partial charge in [-0.15, -0.1) is 0 Å². The van der Waals surface area contributed by atoms with E-state index in [1.807, 2.05) is 19.9 Å². The van der Waals surface area contributed by atoms with Crippen LogP contribution in [-0.2, 0) is 0 Å². The fourth-order valence-corrected chi connectivity index (χ4v) is 2.01. The number of amides is 1. The minimum absolute atomic E-state index is 0.186. The summed E-state index contributed by atoms with van der Waals surface area (Å²) in [5.41, 5.74) is 2.94. The minimum Gasteiger partial charge on any atom is -0.383 e. The lowest BCUT2D eigenvalue weighted by molar-refractivity contribution is 0.102. The molecule has 1 aromatic carbocycles. The monoisotopic (exact) mass is 289 g/mol. The number of halogens is 1. The molecule has 4 nitrogen and oxygen atoms in total. The number of carbonyl (C=O) groups is 1. The summed E-state index contributed by atoms with van der Waals surface area (Å²) in [6.07, 6.45) is 3.24. The van der Waals surface area contributed by atoms with Crippen LogP contribution in [0.25, 0.3) is 0 Å². The smallest absolute Gasteiger partial charge is 0.257 e. The highest BCUT2D eigenvalue weighted by Crippen LogP contribution is 2.22. The van der Waals surface area contributed by atoms with Crippen LogP contribution in [0.4, 0.5) is 11.4 Å². The van der Waals surface area contributed by atoms with Crippen molar-refractivity contribution in [3.8, 4) is 0 Å². The van der Waals surface area contributed by atoms with Gasteiger partial charge in [0.1, 0.15) is 0 Å². The molecule has 0 bridgehead atoms. The number of rotatable bonds is 4. The largest absolute Gasteiger partial charge is 0.383 e. The maximum Gasteiger partial charge on any atom is 0.257 e. The van der Waals surface area contributed by atoms with Crippen LogP contribution < -0.4 is 10.6 Å². The second kappa shape index (κ2) is 6.39. The molecular formula is C15H16ClN3O. The molecule has 0 unspecified atom stereocenters. The highest BCUT2D eigenvalue weighted by Gasteiger charge is 2.12. The van der Waals surface area contributed by atoms with Gasteiger partial charge < -0.3 is 10.6 Å². The Hall–Kier alpha value is -2.07. The molecule has 0 saturated heterocycles. The Morgan fingerprint density at radius 3 is 2.85 bits per heavy atom. The predicted molar refractivity (Wildman–Crippen MR) is 82.5 cm³/mol.